The maximum absolute atomic E-state index is 11.1. The lowest BCUT2D eigenvalue weighted by Gasteiger charge is -2.27. The monoisotopic (exact) mass is 321 g/mol. The van der Waals surface area contributed by atoms with Gasteiger partial charge in [-0.1, -0.05) is 25.0 Å². The Morgan fingerprint density at radius 3 is 2.70 bits per heavy atom. The van der Waals surface area contributed by atoms with Crippen LogP contribution in [-0.2, 0) is 11.2 Å². The fourth-order valence-electron chi connectivity index (χ4n) is 2.95. The Labute approximate surface area is 138 Å². The maximum Gasteiger partial charge on any atom is 0.407 e. The zero-order chi connectivity index (χ0) is 16.5. The molecule has 1 aliphatic rings. The summed E-state index contributed by atoms with van der Waals surface area (Å²) in [4.78, 5) is 11.1. The number of nitrogens with one attached hydrogen (secondary N) is 1. The molecule has 2 rings (SSSR count). The van der Waals surface area contributed by atoms with Crippen LogP contribution in [-0.4, -0.2) is 37.1 Å². The number of amides is 1. The van der Waals surface area contributed by atoms with Gasteiger partial charge in [-0.2, -0.15) is 0 Å². The molecule has 1 aromatic carbocycles. The second-order valence-corrected chi connectivity index (χ2v) is 5.96. The largest absolute Gasteiger partial charge is 0.492 e. The molecule has 1 aliphatic carbocycles. The zero-order valence-electron chi connectivity index (χ0n) is 13.8. The molecule has 0 unspecified atom stereocenters. The first-order valence-electron chi connectivity index (χ1n) is 8.49. The smallest absolute Gasteiger partial charge is 0.407 e. The minimum Gasteiger partial charge on any atom is -0.492 e. The van der Waals surface area contributed by atoms with Crippen molar-refractivity contribution >= 4 is 6.09 Å². The van der Waals surface area contributed by atoms with E-state index in [0.29, 0.717) is 25.7 Å². The first-order chi connectivity index (χ1) is 11.2. The minimum atomic E-state index is -0.419. The minimum absolute atomic E-state index is 0.159. The van der Waals surface area contributed by atoms with Crippen molar-refractivity contribution in [3.63, 3.8) is 0 Å². The molecular formula is C18H27NO4. The van der Waals surface area contributed by atoms with Gasteiger partial charge in [0.1, 0.15) is 12.4 Å². The Morgan fingerprint density at radius 2 is 2.00 bits per heavy atom. The van der Waals surface area contributed by atoms with E-state index in [9.17, 15) is 9.90 Å². The number of benzene rings is 1. The molecule has 0 spiro atoms. The van der Waals surface area contributed by atoms with Crippen LogP contribution in [0.15, 0.2) is 24.3 Å². The average Bonchev–Trinajstić information content (AvgIpc) is 2.55. The molecule has 1 saturated carbocycles. The highest BCUT2D eigenvalue weighted by Gasteiger charge is 2.22. The van der Waals surface area contributed by atoms with E-state index < -0.39 is 6.09 Å². The predicted molar refractivity (Wildman–Crippen MR) is 88.6 cm³/mol. The number of hydrogen-bond donors (Lipinski definition) is 2. The van der Waals surface area contributed by atoms with Gasteiger partial charge in [0.15, 0.2) is 0 Å². The molecule has 128 valence electrons. The molecule has 23 heavy (non-hydrogen) atoms. The maximum atomic E-state index is 11.1. The molecular weight excluding hydrogens is 294 g/mol. The topological polar surface area (TPSA) is 67.8 Å². The van der Waals surface area contributed by atoms with Crippen LogP contribution in [0.4, 0.5) is 4.79 Å². The van der Waals surface area contributed by atoms with Crippen molar-refractivity contribution in [3.8, 4) is 5.75 Å². The van der Waals surface area contributed by atoms with Gasteiger partial charge >= 0.3 is 6.09 Å². The summed E-state index contributed by atoms with van der Waals surface area (Å²) in [7, 11) is 0. The Hall–Kier alpha value is -1.75. The Balaban J connectivity index is 1.70. The van der Waals surface area contributed by atoms with Crippen molar-refractivity contribution in [2.24, 2.45) is 5.92 Å². The summed E-state index contributed by atoms with van der Waals surface area (Å²) in [5, 5.41) is 12.7. The Kier molecular flexibility index (Phi) is 7.20. The van der Waals surface area contributed by atoms with Crippen LogP contribution < -0.4 is 10.1 Å². The standard InChI is InChI=1S/C18H27NO4/c1-2-22-18(21)19-11-12-23-16-9-7-14(8-10-16)13-15-5-3-4-6-17(15)20/h7-10,15,17,20H,2-6,11-13H2,1H3,(H,19,21)/t15-,17+/m0/s1. The lowest BCUT2D eigenvalue weighted by Crippen LogP contribution is -2.28. The first-order valence-corrected chi connectivity index (χ1v) is 8.49. The van der Waals surface area contributed by atoms with Gasteiger partial charge in [0.25, 0.3) is 0 Å². The highest BCUT2D eigenvalue weighted by atomic mass is 16.5. The molecule has 0 aromatic heterocycles. The summed E-state index contributed by atoms with van der Waals surface area (Å²) >= 11 is 0. The lowest BCUT2D eigenvalue weighted by molar-refractivity contribution is 0.0700. The number of aliphatic hydroxyl groups is 1. The van der Waals surface area contributed by atoms with Gasteiger partial charge in [-0.3, -0.25) is 0 Å². The van der Waals surface area contributed by atoms with Crippen LogP contribution in [0.25, 0.3) is 0 Å². The van der Waals surface area contributed by atoms with Crippen molar-refractivity contribution in [2.45, 2.75) is 45.1 Å². The predicted octanol–water partition coefficient (Wildman–Crippen LogP) is 2.91. The van der Waals surface area contributed by atoms with Crippen LogP contribution >= 0.6 is 0 Å². The van der Waals surface area contributed by atoms with Gasteiger partial charge in [0.05, 0.1) is 19.3 Å². The second kappa shape index (κ2) is 9.40. The van der Waals surface area contributed by atoms with Crippen LogP contribution in [0.2, 0.25) is 0 Å². The van der Waals surface area contributed by atoms with Crippen LogP contribution in [0.3, 0.4) is 0 Å². The number of alkyl carbamates (subject to hydrolysis) is 1. The Bertz CT molecular complexity index is 474. The van der Waals surface area contributed by atoms with Crippen molar-refractivity contribution in [1.29, 1.82) is 0 Å². The number of ether oxygens (including phenoxy) is 2. The molecule has 1 fully saturated rings. The Morgan fingerprint density at radius 1 is 1.26 bits per heavy atom. The van der Waals surface area contributed by atoms with Crippen molar-refractivity contribution in [3.05, 3.63) is 29.8 Å². The number of carbonyl (C=O) groups is 1. The molecule has 2 N–H and O–H groups in total. The average molecular weight is 321 g/mol. The summed E-state index contributed by atoms with van der Waals surface area (Å²) in [6.07, 6.45) is 4.75. The highest BCUT2D eigenvalue weighted by molar-refractivity contribution is 5.66. The van der Waals surface area contributed by atoms with E-state index in [1.807, 2.05) is 12.1 Å². The summed E-state index contributed by atoms with van der Waals surface area (Å²) in [5.74, 6) is 1.16. The lowest BCUT2D eigenvalue weighted by atomic mass is 9.82. The van der Waals surface area contributed by atoms with Gasteiger partial charge in [-0.25, -0.2) is 4.79 Å². The van der Waals surface area contributed by atoms with E-state index in [1.54, 1.807) is 6.92 Å². The normalized spacial score (nSPS) is 20.8. The fourth-order valence-corrected chi connectivity index (χ4v) is 2.95. The summed E-state index contributed by atoms with van der Waals surface area (Å²) < 4.78 is 10.3. The van der Waals surface area contributed by atoms with Crippen molar-refractivity contribution in [2.75, 3.05) is 19.8 Å². The van der Waals surface area contributed by atoms with Crippen LogP contribution in [0, 0.1) is 5.92 Å². The second-order valence-electron chi connectivity index (χ2n) is 5.96. The van der Waals surface area contributed by atoms with Crippen molar-refractivity contribution < 1.29 is 19.4 Å². The van der Waals surface area contributed by atoms with Crippen LogP contribution in [0.1, 0.15) is 38.2 Å². The number of carbonyl (C=O) groups excluding carboxylic acids is 1. The molecule has 1 amide bonds. The van der Waals surface area contributed by atoms with Gasteiger partial charge in [-0.05, 0) is 49.8 Å². The van der Waals surface area contributed by atoms with Gasteiger partial charge in [-0.15, -0.1) is 0 Å². The van der Waals surface area contributed by atoms with E-state index in [2.05, 4.69) is 17.4 Å². The number of hydrogen-bond acceptors (Lipinski definition) is 4. The molecule has 0 aliphatic heterocycles. The first kappa shape index (κ1) is 17.6. The van der Waals surface area contributed by atoms with Gasteiger partial charge in [0.2, 0.25) is 0 Å². The third-order valence-corrected chi connectivity index (χ3v) is 4.21. The summed E-state index contributed by atoms with van der Waals surface area (Å²) in [6.45, 7) is 2.95. The van der Waals surface area contributed by atoms with E-state index in [1.165, 1.54) is 12.0 Å². The fraction of sp³-hybridized carbons (Fsp3) is 0.611. The van der Waals surface area contributed by atoms with E-state index >= 15 is 0 Å². The third-order valence-electron chi connectivity index (χ3n) is 4.21. The number of rotatable bonds is 7. The van der Waals surface area contributed by atoms with E-state index in [-0.39, 0.29) is 6.10 Å². The molecule has 0 saturated heterocycles. The van der Waals surface area contributed by atoms with E-state index in [4.69, 9.17) is 9.47 Å². The zero-order valence-corrected chi connectivity index (χ0v) is 13.8. The molecule has 0 bridgehead atoms. The third kappa shape index (κ3) is 6.10. The molecule has 0 radical (unpaired) electrons. The number of aliphatic hydroxyl groups excluding tert-OH is 1. The molecule has 5 heteroatoms. The van der Waals surface area contributed by atoms with Crippen LogP contribution in [0.5, 0.6) is 5.75 Å². The van der Waals surface area contributed by atoms with E-state index in [0.717, 1.165) is 31.4 Å². The summed E-state index contributed by atoms with van der Waals surface area (Å²) in [5.41, 5.74) is 1.23. The molecule has 1 aromatic rings. The van der Waals surface area contributed by atoms with Gasteiger partial charge < -0.3 is 19.9 Å². The quantitative estimate of drug-likeness (QED) is 0.758. The van der Waals surface area contributed by atoms with Gasteiger partial charge in [0, 0.05) is 0 Å². The molecule has 2 atom stereocenters. The molecule has 0 heterocycles. The summed E-state index contributed by atoms with van der Waals surface area (Å²) in [6, 6.07) is 7.98. The highest BCUT2D eigenvalue weighted by Crippen LogP contribution is 2.27. The molecule has 5 nitrogen and oxygen atoms in total. The SMILES string of the molecule is CCOC(=O)NCCOc1ccc(C[C@@H]2CCCC[C@H]2O)cc1. The van der Waals surface area contributed by atoms with Crippen molar-refractivity contribution in [1.82, 2.24) is 5.32 Å².